The summed E-state index contributed by atoms with van der Waals surface area (Å²) in [5.41, 5.74) is 5.51. The molecule has 0 fully saturated rings. The molecule has 1 heterocycles. The fourth-order valence-corrected chi connectivity index (χ4v) is 3.48. The lowest BCUT2D eigenvalue weighted by Gasteiger charge is -2.23. The number of benzene rings is 2. The van der Waals surface area contributed by atoms with Crippen molar-refractivity contribution in [3.63, 3.8) is 0 Å². The van der Waals surface area contributed by atoms with Crippen LogP contribution in [0.2, 0.25) is 0 Å². The van der Waals surface area contributed by atoms with E-state index in [9.17, 15) is 19.2 Å². The quantitative estimate of drug-likeness (QED) is 0.413. The summed E-state index contributed by atoms with van der Waals surface area (Å²) < 4.78 is 12.0. The number of nitrogen functional groups attached to an aromatic ring is 1. The second kappa shape index (κ2) is 11.9. The predicted octanol–water partition coefficient (Wildman–Crippen LogP) is 2.41. The molecule has 3 rings (SSSR count). The largest absolute Gasteiger partial charge is 0.493 e. The maximum Gasteiger partial charge on any atom is 0.338 e. The second-order valence-electron chi connectivity index (χ2n) is 8.51. The Morgan fingerprint density at radius 3 is 2.47 bits per heavy atom. The molecule has 0 radical (unpaired) electrons. The van der Waals surface area contributed by atoms with Crippen LogP contribution < -0.4 is 26.6 Å². The van der Waals surface area contributed by atoms with Crippen LogP contribution in [-0.2, 0) is 16.1 Å². The van der Waals surface area contributed by atoms with Crippen LogP contribution >= 0.6 is 0 Å². The maximum absolute atomic E-state index is 12.9. The van der Waals surface area contributed by atoms with Crippen molar-refractivity contribution in [1.82, 2.24) is 9.55 Å². The number of aromatic amines is 1. The van der Waals surface area contributed by atoms with E-state index in [-0.39, 0.29) is 30.2 Å². The van der Waals surface area contributed by atoms with Gasteiger partial charge in [-0.25, -0.2) is 9.59 Å². The topological polar surface area (TPSA) is 137 Å². The lowest BCUT2D eigenvalue weighted by molar-refractivity contribution is -0.121. The summed E-state index contributed by atoms with van der Waals surface area (Å²) in [4.78, 5) is 53.8. The highest BCUT2D eigenvalue weighted by atomic mass is 16.5. The van der Waals surface area contributed by atoms with Gasteiger partial charge in [-0.15, -0.1) is 0 Å². The Morgan fingerprint density at radius 2 is 1.81 bits per heavy atom. The van der Waals surface area contributed by atoms with E-state index in [0.29, 0.717) is 18.3 Å². The molecule has 1 aromatic heterocycles. The number of nitrogens with two attached hydrogens (primary N) is 1. The highest BCUT2D eigenvalue weighted by Crippen LogP contribution is 2.19. The third-order valence-corrected chi connectivity index (χ3v) is 5.26. The summed E-state index contributed by atoms with van der Waals surface area (Å²) in [5, 5.41) is 0. The normalized spacial score (nSPS) is 10.8. The van der Waals surface area contributed by atoms with Gasteiger partial charge in [0.15, 0.2) is 12.3 Å². The Balaban J connectivity index is 1.77. The van der Waals surface area contributed by atoms with Gasteiger partial charge in [0.1, 0.15) is 11.6 Å². The Morgan fingerprint density at radius 1 is 1.08 bits per heavy atom. The van der Waals surface area contributed by atoms with E-state index in [1.165, 1.54) is 10.6 Å². The van der Waals surface area contributed by atoms with Crippen LogP contribution in [-0.4, -0.2) is 41.2 Å². The van der Waals surface area contributed by atoms with Crippen LogP contribution in [0.1, 0.15) is 36.7 Å². The van der Waals surface area contributed by atoms with Crippen LogP contribution in [0.15, 0.2) is 64.2 Å². The van der Waals surface area contributed by atoms with Crippen LogP contribution in [0, 0.1) is 5.92 Å². The van der Waals surface area contributed by atoms with E-state index in [0.717, 1.165) is 10.5 Å². The number of amides is 1. The van der Waals surface area contributed by atoms with Crippen molar-refractivity contribution in [2.45, 2.75) is 27.3 Å². The second-order valence-corrected chi connectivity index (χ2v) is 8.51. The fraction of sp³-hybridized carbons (Fsp3) is 0.308. The third-order valence-electron chi connectivity index (χ3n) is 5.26. The first-order valence-electron chi connectivity index (χ1n) is 11.6. The minimum Gasteiger partial charge on any atom is -0.493 e. The monoisotopic (exact) mass is 494 g/mol. The average Bonchev–Trinajstić information content (AvgIpc) is 2.86. The van der Waals surface area contributed by atoms with Crippen LogP contribution in [0.3, 0.4) is 0 Å². The number of carbonyl (C=O) groups excluding carboxylic acids is 2. The molecule has 0 saturated heterocycles. The zero-order chi connectivity index (χ0) is 26.2. The van der Waals surface area contributed by atoms with Gasteiger partial charge in [0.05, 0.1) is 18.7 Å². The van der Waals surface area contributed by atoms with Crippen molar-refractivity contribution in [3.05, 3.63) is 86.6 Å². The van der Waals surface area contributed by atoms with E-state index in [2.05, 4.69) is 4.98 Å². The number of anilines is 2. The number of nitrogens with zero attached hydrogens (tertiary/aromatic N) is 2. The lowest BCUT2D eigenvalue weighted by Crippen LogP contribution is -2.42. The molecule has 3 aromatic rings. The van der Waals surface area contributed by atoms with Gasteiger partial charge in [0.25, 0.3) is 11.5 Å². The lowest BCUT2D eigenvalue weighted by atomic mass is 10.2. The van der Waals surface area contributed by atoms with Crippen molar-refractivity contribution in [1.29, 1.82) is 0 Å². The third kappa shape index (κ3) is 6.41. The fourth-order valence-electron chi connectivity index (χ4n) is 3.48. The molecule has 2 aromatic carbocycles. The number of hydrogen-bond donors (Lipinski definition) is 2. The van der Waals surface area contributed by atoms with Gasteiger partial charge in [-0.05, 0) is 36.6 Å². The smallest absolute Gasteiger partial charge is 0.338 e. The summed E-state index contributed by atoms with van der Waals surface area (Å²) >= 11 is 0. The highest BCUT2D eigenvalue weighted by Gasteiger charge is 2.24. The van der Waals surface area contributed by atoms with Crippen molar-refractivity contribution in [2.75, 3.05) is 30.4 Å². The van der Waals surface area contributed by atoms with E-state index >= 15 is 0 Å². The van der Waals surface area contributed by atoms with E-state index in [1.807, 2.05) is 44.2 Å². The first kappa shape index (κ1) is 26.3. The van der Waals surface area contributed by atoms with Crippen LogP contribution in [0.4, 0.5) is 11.5 Å². The molecule has 10 heteroatoms. The summed E-state index contributed by atoms with van der Waals surface area (Å²) in [6.45, 7) is 5.69. The number of hydrogen-bond acceptors (Lipinski definition) is 7. The number of likely N-dealkylation sites (N-methyl/N-ethyl adjacent to an activating group) is 1. The first-order valence-corrected chi connectivity index (χ1v) is 11.6. The van der Waals surface area contributed by atoms with Crippen LogP contribution in [0.5, 0.6) is 5.75 Å². The molecule has 0 aliphatic heterocycles. The van der Waals surface area contributed by atoms with Crippen molar-refractivity contribution in [2.24, 2.45) is 5.92 Å². The molecule has 1 amide bonds. The van der Waals surface area contributed by atoms with Gasteiger partial charge >= 0.3 is 11.7 Å². The predicted molar refractivity (Wildman–Crippen MR) is 136 cm³/mol. The molecule has 0 bridgehead atoms. The molecule has 0 spiro atoms. The van der Waals surface area contributed by atoms with Gasteiger partial charge in [-0.1, -0.05) is 50.2 Å². The van der Waals surface area contributed by atoms with E-state index < -0.39 is 29.7 Å². The minimum atomic E-state index is -0.807. The summed E-state index contributed by atoms with van der Waals surface area (Å²) in [5.74, 6) is -0.717. The van der Waals surface area contributed by atoms with Gasteiger partial charge in [-0.3, -0.25) is 19.1 Å². The number of carbonyl (C=O) groups is 2. The molecular weight excluding hydrogens is 464 g/mol. The number of nitrogens with one attached hydrogen (secondary N) is 1. The summed E-state index contributed by atoms with van der Waals surface area (Å²) in [7, 11) is 0. The molecule has 190 valence electrons. The van der Waals surface area contributed by atoms with Gasteiger partial charge in [0, 0.05) is 6.54 Å². The van der Waals surface area contributed by atoms with E-state index in [1.54, 1.807) is 25.1 Å². The number of aromatic nitrogens is 2. The number of rotatable bonds is 10. The maximum atomic E-state index is 12.9. The highest BCUT2D eigenvalue weighted by molar-refractivity contribution is 5.98. The molecule has 0 saturated carbocycles. The SMILES string of the molecule is CCN(C(=O)COC(=O)c1cccc(OCC(C)C)c1)c1c(N)n(Cc2ccccc2)c(=O)[nH]c1=O. The van der Waals surface area contributed by atoms with Crippen molar-refractivity contribution >= 4 is 23.4 Å². The van der Waals surface area contributed by atoms with Crippen molar-refractivity contribution < 1.29 is 19.1 Å². The van der Waals surface area contributed by atoms with Gasteiger partial charge in [-0.2, -0.15) is 0 Å². The van der Waals surface area contributed by atoms with Gasteiger partial charge < -0.3 is 20.1 Å². The zero-order valence-corrected chi connectivity index (χ0v) is 20.5. The van der Waals surface area contributed by atoms with Gasteiger partial charge in [0.2, 0.25) is 0 Å². The Hall–Kier alpha value is -4.34. The number of esters is 1. The zero-order valence-electron chi connectivity index (χ0n) is 20.5. The summed E-state index contributed by atoms with van der Waals surface area (Å²) in [6, 6.07) is 15.5. The summed E-state index contributed by atoms with van der Waals surface area (Å²) in [6.07, 6.45) is 0. The number of ether oxygens (including phenoxy) is 2. The minimum absolute atomic E-state index is 0.0612. The molecule has 36 heavy (non-hydrogen) atoms. The molecular formula is C26H30N4O6. The average molecular weight is 495 g/mol. The molecule has 10 nitrogen and oxygen atoms in total. The molecule has 0 unspecified atom stereocenters. The molecule has 3 N–H and O–H groups in total. The van der Waals surface area contributed by atoms with E-state index in [4.69, 9.17) is 15.2 Å². The molecule has 0 aliphatic rings. The Kier molecular flexibility index (Phi) is 8.66. The molecule has 0 atom stereocenters. The first-order chi connectivity index (χ1) is 17.2. The molecule has 0 aliphatic carbocycles. The Labute approximate surface area is 208 Å². The van der Waals surface area contributed by atoms with Crippen molar-refractivity contribution in [3.8, 4) is 5.75 Å². The van der Waals surface area contributed by atoms with Crippen LogP contribution in [0.25, 0.3) is 0 Å². The Bertz CT molecular complexity index is 1330. The number of H-pyrrole nitrogens is 1. The standard InChI is InChI=1S/C26H30N4O6/c1-4-29(21(31)16-36-25(33)19-11-8-12-20(13-19)35-15-17(2)3)22-23(27)30(26(34)28-24(22)32)14-18-9-6-5-7-10-18/h5-13,17H,4,14-16,27H2,1-3H3,(H,28,32,34).